The van der Waals surface area contributed by atoms with Crippen molar-refractivity contribution in [2.75, 3.05) is 0 Å². The molecule has 0 aromatic heterocycles. The van der Waals surface area contributed by atoms with Crippen LogP contribution in [0, 0.1) is 0 Å². The summed E-state index contributed by atoms with van der Waals surface area (Å²) in [5.41, 5.74) is 5.53. The Balaban J connectivity index is 2.34. The fourth-order valence-electron chi connectivity index (χ4n) is 1.67. The lowest BCUT2D eigenvalue weighted by Gasteiger charge is -2.13. The van der Waals surface area contributed by atoms with Crippen molar-refractivity contribution < 1.29 is 17.9 Å². The monoisotopic (exact) mass is 379 g/mol. The van der Waals surface area contributed by atoms with Crippen LogP contribution in [0.4, 0.5) is 13.2 Å². The van der Waals surface area contributed by atoms with Gasteiger partial charge in [0.05, 0.1) is 10.0 Å². The Morgan fingerprint density at radius 3 is 2.38 bits per heavy atom. The highest BCUT2D eigenvalue weighted by Gasteiger charge is 2.31. The molecule has 7 heteroatoms. The fourth-order valence-corrected chi connectivity index (χ4v) is 2.29. The van der Waals surface area contributed by atoms with Crippen LogP contribution in [0.1, 0.15) is 11.1 Å². The lowest BCUT2D eigenvalue weighted by Crippen LogP contribution is -2.05. The van der Waals surface area contributed by atoms with Crippen molar-refractivity contribution in [1.82, 2.24) is 0 Å². The van der Waals surface area contributed by atoms with Crippen molar-refractivity contribution in [3.63, 3.8) is 0 Å². The Morgan fingerprint density at radius 2 is 1.81 bits per heavy atom. The van der Waals surface area contributed by atoms with Crippen molar-refractivity contribution >= 4 is 27.5 Å². The fraction of sp³-hybridized carbons (Fsp3) is 0.143. The summed E-state index contributed by atoms with van der Waals surface area (Å²) in [6.07, 6.45) is -4.40. The van der Waals surface area contributed by atoms with Gasteiger partial charge in [-0.2, -0.15) is 13.2 Å². The zero-order valence-electron chi connectivity index (χ0n) is 10.5. The summed E-state index contributed by atoms with van der Waals surface area (Å²) in [5, 5.41) is 0.449. The highest BCUT2D eigenvalue weighted by molar-refractivity contribution is 9.10. The Bertz CT molecular complexity index is 661. The number of nitrogens with two attached hydrogens (primary N) is 1. The van der Waals surface area contributed by atoms with E-state index in [1.54, 1.807) is 18.2 Å². The molecular formula is C14H10BrClF3NO. The summed E-state index contributed by atoms with van der Waals surface area (Å²) in [6, 6.07) is 8.09. The predicted molar refractivity (Wildman–Crippen MR) is 78.6 cm³/mol. The first-order chi connectivity index (χ1) is 9.81. The maximum Gasteiger partial charge on any atom is 0.416 e. The maximum absolute atomic E-state index is 12.6. The molecule has 0 aliphatic heterocycles. The molecule has 0 unspecified atom stereocenters. The van der Waals surface area contributed by atoms with Crippen LogP contribution < -0.4 is 10.5 Å². The third kappa shape index (κ3) is 3.90. The van der Waals surface area contributed by atoms with E-state index < -0.39 is 11.7 Å². The van der Waals surface area contributed by atoms with E-state index in [2.05, 4.69) is 15.9 Å². The standard InChI is InChI=1S/C14H10BrClF3NO/c15-11-5-9(14(17,18)19)2-4-12(11)21-13-6-10(16)3-1-8(13)7-20/h1-6H,7,20H2. The highest BCUT2D eigenvalue weighted by atomic mass is 79.9. The van der Waals surface area contributed by atoms with Crippen LogP contribution in [0.25, 0.3) is 0 Å². The van der Waals surface area contributed by atoms with Crippen molar-refractivity contribution in [2.45, 2.75) is 12.7 Å². The molecule has 2 aromatic rings. The lowest BCUT2D eigenvalue weighted by molar-refractivity contribution is -0.137. The minimum atomic E-state index is -4.40. The number of hydrogen-bond donors (Lipinski definition) is 1. The molecule has 0 saturated heterocycles. The molecule has 2 nitrogen and oxygen atoms in total. The Labute approximate surface area is 132 Å². The molecule has 2 rings (SSSR count). The van der Waals surface area contributed by atoms with Gasteiger partial charge in [-0.25, -0.2) is 0 Å². The molecule has 0 aliphatic rings. The van der Waals surface area contributed by atoms with Crippen LogP contribution in [0.2, 0.25) is 5.02 Å². The van der Waals surface area contributed by atoms with E-state index in [1.807, 2.05) is 0 Å². The van der Waals surface area contributed by atoms with E-state index in [0.29, 0.717) is 16.3 Å². The van der Waals surface area contributed by atoms with Gasteiger partial charge in [0.15, 0.2) is 0 Å². The molecule has 0 bridgehead atoms. The number of rotatable bonds is 3. The summed E-state index contributed by atoms with van der Waals surface area (Å²) in [5.74, 6) is 0.658. The van der Waals surface area contributed by atoms with E-state index in [0.717, 1.165) is 12.1 Å². The molecule has 0 fully saturated rings. The molecule has 0 spiro atoms. The van der Waals surface area contributed by atoms with Gasteiger partial charge in [0, 0.05) is 17.1 Å². The molecule has 112 valence electrons. The Kier molecular flexibility index (Phi) is 4.81. The molecule has 0 heterocycles. The summed E-state index contributed by atoms with van der Waals surface area (Å²) in [7, 11) is 0. The van der Waals surface area contributed by atoms with Gasteiger partial charge in [-0.05, 0) is 46.3 Å². The van der Waals surface area contributed by atoms with Crippen molar-refractivity contribution in [2.24, 2.45) is 5.73 Å². The summed E-state index contributed by atoms with van der Waals surface area (Å²) >= 11 is 8.96. The van der Waals surface area contributed by atoms with Crippen molar-refractivity contribution in [1.29, 1.82) is 0 Å². The van der Waals surface area contributed by atoms with Gasteiger partial charge in [0.25, 0.3) is 0 Å². The molecule has 2 N–H and O–H groups in total. The molecule has 0 atom stereocenters. The van der Waals surface area contributed by atoms with Crippen LogP contribution in [-0.4, -0.2) is 0 Å². The van der Waals surface area contributed by atoms with Gasteiger partial charge in [-0.1, -0.05) is 17.7 Å². The van der Waals surface area contributed by atoms with E-state index in [4.69, 9.17) is 22.1 Å². The van der Waals surface area contributed by atoms with E-state index in [9.17, 15) is 13.2 Å². The molecule has 0 amide bonds. The molecule has 0 aliphatic carbocycles. The number of halogens is 5. The van der Waals surface area contributed by atoms with Gasteiger partial charge in [-0.15, -0.1) is 0 Å². The van der Waals surface area contributed by atoms with Gasteiger partial charge in [0.1, 0.15) is 11.5 Å². The Hall–Kier alpha value is -1.24. The first kappa shape index (κ1) is 16.1. The number of alkyl halides is 3. The SMILES string of the molecule is NCc1ccc(Cl)cc1Oc1ccc(C(F)(F)F)cc1Br. The minimum Gasteiger partial charge on any atom is -0.456 e. The third-order valence-corrected chi connectivity index (χ3v) is 3.58. The number of benzene rings is 2. The lowest BCUT2D eigenvalue weighted by atomic mass is 10.2. The maximum atomic E-state index is 12.6. The van der Waals surface area contributed by atoms with Gasteiger partial charge in [0.2, 0.25) is 0 Å². The van der Waals surface area contributed by atoms with E-state index >= 15 is 0 Å². The second kappa shape index (κ2) is 6.25. The van der Waals surface area contributed by atoms with Crippen LogP contribution in [0.5, 0.6) is 11.5 Å². The molecule has 21 heavy (non-hydrogen) atoms. The van der Waals surface area contributed by atoms with Crippen molar-refractivity contribution in [3.8, 4) is 11.5 Å². The predicted octanol–water partition coefficient (Wildman–Crippen LogP) is 5.37. The summed E-state index contributed by atoms with van der Waals surface area (Å²) in [6.45, 7) is 0.227. The summed E-state index contributed by atoms with van der Waals surface area (Å²) < 4.78 is 43.6. The average molecular weight is 381 g/mol. The highest BCUT2D eigenvalue weighted by Crippen LogP contribution is 2.37. The first-order valence-electron chi connectivity index (χ1n) is 5.84. The molecular weight excluding hydrogens is 371 g/mol. The summed E-state index contributed by atoms with van der Waals surface area (Å²) in [4.78, 5) is 0. The normalized spacial score (nSPS) is 11.5. The number of ether oxygens (including phenoxy) is 1. The van der Waals surface area contributed by atoms with Gasteiger partial charge >= 0.3 is 6.18 Å². The average Bonchev–Trinajstić information content (AvgIpc) is 2.40. The largest absolute Gasteiger partial charge is 0.456 e. The minimum absolute atomic E-state index is 0.195. The van der Waals surface area contributed by atoms with Crippen LogP contribution in [0.3, 0.4) is 0 Å². The number of hydrogen-bond acceptors (Lipinski definition) is 2. The topological polar surface area (TPSA) is 35.2 Å². The van der Waals surface area contributed by atoms with Crippen LogP contribution in [-0.2, 0) is 12.7 Å². The quantitative estimate of drug-likeness (QED) is 0.777. The van der Waals surface area contributed by atoms with E-state index in [1.165, 1.54) is 6.07 Å². The molecule has 0 saturated carbocycles. The first-order valence-corrected chi connectivity index (χ1v) is 7.01. The second-order valence-corrected chi connectivity index (χ2v) is 5.49. The third-order valence-electron chi connectivity index (χ3n) is 2.73. The Morgan fingerprint density at radius 1 is 1.10 bits per heavy atom. The molecule has 0 radical (unpaired) electrons. The van der Waals surface area contributed by atoms with Gasteiger partial charge < -0.3 is 10.5 Å². The molecule has 2 aromatic carbocycles. The van der Waals surface area contributed by atoms with Crippen LogP contribution in [0.15, 0.2) is 40.9 Å². The second-order valence-electron chi connectivity index (χ2n) is 4.20. The smallest absolute Gasteiger partial charge is 0.416 e. The zero-order valence-corrected chi connectivity index (χ0v) is 12.9. The van der Waals surface area contributed by atoms with Gasteiger partial charge in [-0.3, -0.25) is 0 Å². The zero-order chi connectivity index (χ0) is 15.6. The van der Waals surface area contributed by atoms with E-state index in [-0.39, 0.29) is 16.8 Å². The van der Waals surface area contributed by atoms with Crippen LogP contribution >= 0.6 is 27.5 Å². The van der Waals surface area contributed by atoms with Crippen molar-refractivity contribution in [3.05, 3.63) is 57.0 Å².